The van der Waals surface area contributed by atoms with E-state index in [0.717, 1.165) is 17.8 Å². The average Bonchev–Trinajstić information content (AvgIpc) is 2.35. The zero-order valence-electron chi connectivity index (χ0n) is 13.1. The van der Waals surface area contributed by atoms with E-state index in [2.05, 4.69) is 34.6 Å². The van der Waals surface area contributed by atoms with Gasteiger partial charge in [0, 0.05) is 0 Å². The molecule has 17 heavy (non-hydrogen) atoms. The zero-order valence-corrected chi connectivity index (χ0v) is 13.1. The van der Waals surface area contributed by atoms with Crippen LogP contribution >= 0.6 is 0 Å². The highest BCUT2D eigenvalue weighted by Crippen LogP contribution is 2.25. The van der Waals surface area contributed by atoms with Crippen LogP contribution in [0.5, 0.6) is 0 Å². The van der Waals surface area contributed by atoms with Crippen molar-refractivity contribution >= 4 is 0 Å². The summed E-state index contributed by atoms with van der Waals surface area (Å²) in [6, 6.07) is 0. The van der Waals surface area contributed by atoms with E-state index in [1.807, 2.05) is 0 Å². The van der Waals surface area contributed by atoms with Gasteiger partial charge < -0.3 is 0 Å². The van der Waals surface area contributed by atoms with Crippen LogP contribution < -0.4 is 0 Å². The van der Waals surface area contributed by atoms with Gasteiger partial charge in [-0.3, -0.25) is 0 Å². The maximum atomic E-state index is 2.43. The Morgan fingerprint density at radius 3 is 1.82 bits per heavy atom. The first-order chi connectivity index (χ1) is 8.15. The van der Waals surface area contributed by atoms with Crippen LogP contribution in [0.1, 0.15) is 92.4 Å². The Morgan fingerprint density at radius 1 is 0.706 bits per heavy atom. The third kappa shape index (κ3) is 8.69. The van der Waals surface area contributed by atoms with Crippen LogP contribution in [0.4, 0.5) is 0 Å². The van der Waals surface area contributed by atoms with Crippen LogP contribution in [0.2, 0.25) is 0 Å². The molecular formula is C17H36. The second-order valence-corrected chi connectivity index (χ2v) is 6.09. The lowest BCUT2D eigenvalue weighted by atomic mass is 9.85. The van der Waals surface area contributed by atoms with Gasteiger partial charge in [-0.15, -0.1) is 0 Å². The third-order valence-electron chi connectivity index (χ3n) is 4.55. The zero-order chi connectivity index (χ0) is 13.1. The van der Waals surface area contributed by atoms with E-state index in [9.17, 15) is 0 Å². The van der Waals surface area contributed by atoms with Gasteiger partial charge in [0.2, 0.25) is 0 Å². The van der Waals surface area contributed by atoms with Crippen LogP contribution in [0.15, 0.2) is 0 Å². The molecular weight excluding hydrogens is 204 g/mol. The second-order valence-electron chi connectivity index (χ2n) is 6.09. The van der Waals surface area contributed by atoms with Gasteiger partial charge >= 0.3 is 0 Å². The van der Waals surface area contributed by atoms with Crippen molar-refractivity contribution < 1.29 is 0 Å². The highest BCUT2D eigenvalue weighted by atomic mass is 14.2. The fourth-order valence-electron chi connectivity index (χ4n) is 2.82. The lowest BCUT2D eigenvalue weighted by Gasteiger charge is -2.21. The highest BCUT2D eigenvalue weighted by molar-refractivity contribution is 4.64. The van der Waals surface area contributed by atoms with Gasteiger partial charge in [-0.05, 0) is 17.8 Å². The molecule has 3 atom stereocenters. The quantitative estimate of drug-likeness (QED) is 0.364. The van der Waals surface area contributed by atoms with Crippen LogP contribution in [-0.4, -0.2) is 0 Å². The number of rotatable bonds is 11. The van der Waals surface area contributed by atoms with E-state index in [1.165, 1.54) is 57.8 Å². The van der Waals surface area contributed by atoms with Crippen molar-refractivity contribution in [2.75, 3.05) is 0 Å². The molecule has 104 valence electrons. The second kappa shape index (κ2) is 11.1. The summed E-state index contributed by atoms with van der Waals surface area (Å²) < 4.78 is 0. The Morgan fingerprint density at radius 2 is 1.29 bits per heavy atom. The highest BCUT2D eigenvalue weighted by Gasteiger charge is 2.13. The Kier molecular flexibility index (Phi) is 11.1. The summed E-state index contributed by atoms with van der Waals surface area (Å²) in [5.41, 5.74) is 0. The minimum atomic E-state index is 0.928. The molecule has 0 amide bonds. The molecule has 0 saturated heterocycles. The summed E-state index contributed by atoms with van der Waals surface area (Å²) in [4.78, 5) is 0. The predicted octanol–water partition coefficient (Wildman–Crippen LogP) is 6.45. The molecule has 0 nitrogen and oxygen atoms in total. The van der Waals surface area contributed by atoms with Crippen molar-refractivity contribution in [1.82, 2.24) is 0 Å². The van der Waals surface area contributed by atoms with E-state index >= 15 is 0 Å². The van der Waals surface area contributed by atoms with Gasteiger partial charge in [-0.25, -0.2) is 0 Å². The number of unbranched alkanes of at least 4 members (excludes halogenated alkanes) is 2. The van der Waals surface area contributed by atoms with Gasteiger partial charge in [0.15, 0.2) is 0 Å². The van der Waals surface area contributed by atoms with Crippen molar-refractivity contribution in [1.29, 1.82) is 0 Å². The Labute approximate surface area is 111 Å². The van der Waals surface area contributed by atoms with Gasteiger partial charge in [0.1, 0.15) is 0 Å². The van der Waals surface area contributed by atoms with Crippen LogP contribution in [0.3, 0.4) is 0 Å². The fourth-order valence-corrected chi connectivity index (χ4v) is 2.82. The Hall–Kier alpha value is 0. The molecule has 0 radical (unpaired) electrons. The summed E-state index contributed by atoms with van der Waals surface area (Å²) in [6.45, 7) is 11.9. The smallest absolute Gasteiger partial charge is 0.0391 e. The molecule has 0 aliphatic rings. The van der Waals surface area contributed by atoms with Crippen molar-refractivity contribution in [3.8, 4) is 0 Å². The van der Waals surface area contributed by atoms with E-state index in [-0.39, 0.29) is 0 Å². The molecule has 0 saturated carbocycles. The standard InChI is InChI=1S/C17H36/c1-6-9-12-15(4)13-10-11-14-17(8-3)16(5)7-2/h15-17H,6-14H2,1-5H3. The molecule has 0 heterocycles. The van der Waals surface area contributed by atoms with Crippen LogP contribution in [-0.2, 0) is 0 Å². The van der Waals surface area contributed by atoms with Gasteiger partial charge in [0.05, 0.1) is 0 Å². The molecule has 0 N–H and O–H groups in total. The van der Waals surface area contributed by atoms with E-state index in [4.69, 9.17) is 0 Å². The molecule has 0 aromatic carbocycles. The third-order valence-corrected chi connectivity index (χ3v) is 4.55. The number of hydrogen-bond acceptors (Lipinski definition) is 0. The molecule has 0 aromatic rings. The first kappa shape index (κ1) is 17.0. The summed E-state index contributed by atoms with van der Waals surface area (Å²) in [7, 11) is 0. The maximum Gasteiger partial charge on any atom is -0.0391 e. The van der Waals surface area contributed by atoms with Gasteiger partial charge in [-0.2, -0.15) is 0 Å². The summed E-state index contributed by atoms with van der Waals surface area (Å²) in [6.07, 6.45) is 12.8. The molecule has 0 heteroatoms. The predicted molar refractivity (Wildman–Crippen MR) is 80.4 cm³/mol. The van der Waals surface area contributed by atoms with Gasteiger partial charge in [0.25, 0.3) is 0 Å². The molecule has 3 unspecified atom stereocenters. The van der Waals surface area contributed by atoms with E-state index in [0.29, 0.717) is 0 Å². The summed E-state index contributed by atoms with van der Waals surface area (Å²) in [5, 5.41) is 0. The minimum absolute atomic E-state index is 0.928. The lowest BCUT2D eigenvalue weighted by Crippen LogP contribution is -2.10. The molecule has 0 spiro atoms. The number of hydrogen-bond donors (Lipinski definition) is 0. The molecule has 0 rings (SSSR count). The van der Waals surface area contributed by atoms with Crippen molar-refractivity contribution in [3.05, 3.63) is 0 Å². The topological polar surface area (TPSA) is 0 Å². The van der Waals surface area contributed by atoms with E-state index < -0.39 is 0 Å². The van der Waals surface area contributed by atoms with Crippen molar-refractivity contribution in [2.24, 2.45) is 17.8 Å². The van der Waals surface area contributed by atoms with Crippen molar-refractivity contribution in [2.45, 2.75) is 92.4 Å². The molecule has 0 bridgehead atoms. The Bertz CT molecular complexity index is 150. The largest absolute Gasteiger partial charge is 0.0654 e. The van der Waals surface area contributed by atoms with Crippen LogP contribution in [0.25, 0.3) is 0 Å². The molecule has 0 aliphatic heterocycles. The van der Waals surface area contributed by atoms with E-state index in [1.54, 1.807) is 0 Å². The molecule has 0 fully saturated rings. The normalized spacial score (nSPS) is 16.8. The summed E-state index contributed by atoms with van der Waals surface area (Å²) in [5.74, 6) is 2.86. The lowest BCUT2D eigenvalue weighted by molar-refractivity contribution is 0.303. The molecule has 0 aromatic heterocycles. The molecule has 0 aliphatic carbocycles. The fraction of sp³-hybridized carbons (Fsp3) is 1.00. The van der Waals surface area contributed by atoms with Crippen molar-refractivity contribution in [3.63, 3.8) is 0 Å². The van der Waals surface area contributed by atoms with Crippen LogP contribution in [0, 0.1) is 17.8 Å². The average molecular weight is 240 g/mol. The first-order valence-electron chi connectivity index (χ1n) is 8.15. The first-order valence-corrected chi connectivity index (χ1v) is 8.15. The SMILES string of the molecule is CCCCC(C)CCCCC(CC)C(C)CC. The summed E-state index contributed by atoms with van der Waals surface area (Å²) >= 11 is 0. The Balaban J connectivity index is 3.54. The monoisotopic (exact) mass is 240 g/mol. The maximum absolute atomic E-state index is 2.43. The van der Waals surface area contributed by atoms with Gasteiger partial charge in [-0.1, -0.05) is 92.4 Å². The minimum Gasteiger partial charge on any atom is -0.0654 e.